The summed E-state index contributed by atoms with van der Waals surface area (Å²) in [6.45, 7) is 12.9. The number of nitro benzene ring substituents is 1. The Balaban J connectivity index is 1.42. The first-order chi connectivity index (χ1) is 25.0. The van der Waals surface area contributed by atoms with Crippen molar-refractivity contribution in [3.63, 3.8) is 0 Å². The lowest BCUT2D eigenvalue weighted by atomic mass is 9.45. The Bertz CT molecular complexity index is 1650. The van der Waals surface area contributed by atoms with Gasteiger partial charge in [0.15, 0.2) is 0 Å². The van der Waals surface area contributed by atoms with E-state index in [0.29, 0.717) is 46.7 Å². The van der Waals surface area contributed by atoms with Crippen LogP contribution in [0.2, 0.25) is 0 Å². The number of amides is 2. The summed E-state index contributed by atoms with van der Waals surface area (Å²) in [4.78, 5) is 47.0. The first-order valence-electron chi connectivity index (χ1n) is 18.9. The van der Waals surface area contributed by atoms with Crippen LogP contribution in [0.4, 0.5) is 5.69 Å². The summed E-state index contributed by atoms with van der Waals surface area (Å²) < 4.78 is 5.93. The molecule has 3 saturated carbocycles. The fourth-order valence-electron chi connectivity index (χ4n) is 9.15. The van der Waals surface area contributed by atoms with Crippen LogP contribution in [0.5, 0.6) is 5.75 Å². The topological polar surface area (TPSA) is 167 Å². The molecule has 1 saturated heterocycles. The number of nitrogens with one attached hydrogen (secondary N) is 2. The lowest BCUT2D eigenvalue weighted by Crippen LogP contribution is -2.61. The number of rotatable bonds is 15. The normalized spacial score (nSPS) is 27.6. The number of carbonyl (C=O) groups excluding carboxylic acids is 2. The molecule has 4 aliphatic rings. The smallest absolute Gasteiger partial charge is 0.270 e. The first-order valence-corrected chi connectivity index (χ1v) is 18.9. The van der Waals surface area contributed by atoms with E-state index < -0.39 is 35.0 Å². The van der Waals surface area contributed by atoms with E-state index in [1.165, 1.54) is 25.7 Å². The largest absolute Gasteiger partial charge is 0.496 e. The van der Waals surface area contributed by atoms with Crippen molar-refractivity contribution in [2.24, 2.45) is 35.0 Å². The van der Waals surface area contributed by atoms with E-state index in [9.17, 15) is 29.9 Å². The molecular weight excluding hydrogens is 678 g/mol. The van der Waals surface area contributed by atoms with Gasteiger partial charge in [-0.25, -0.2) is 0 Å². The molecule has 1 aliphatic heterocycles. The van der Waals surface area contributed by atoms with E-state index in [1.54, 1.807) is 30.2 Å². The van der Waals surface area contributed by atoms with Crippen molar-refractivity contribution in [2.45, 2.75) is 97.7 Å². The third-order valence-corrected chi connectivity index (χ3v) is 12.4. The molecule has 2 aromatic carbocycles. The van der Waals surface area contributed by atoms with Crippen molar-refractivity contribution in [2.75, 3.05) is 34.4 Å². The molecular formula is C40H59N5O8. The monoisotopic (exact) mass is 737 g/mol. The number of nitrogens with zero attached hydrogens (tertiary/aromatic N) is 3. The zero-order valence-corrected chi connectivity index (χ0v) is 32.7. The molecule has 53 heavy (non-hydrogen) atoms. The summed E-state index contributed by atoms with van der Waals surface area (Å²) in [5.74, 6) is 0.964. The van der Waals surface area contributed by atoms with Crippen LogP contribution in [0.15, 0.2) is 36.4 Å². The number of hydroxylamine groups is 2. The molecule has 13 nitrogen and oxygen atoms in total. The molecule has 0 aromatic heterocycles. The molecule has 2 bridgehead atoms. The van der Waals surface area contributed by atoms with Crippen LogP contribution in [0.25, 0.3) is 11.1 Å². The Morgan fingerprint density at radius 2 is 1.89 bits per heavy atom. The highest BCUT2D eigenvalue weighted by atomic mass is 16.7. The van der Waals surface area contributed by atoms with Crippen LogP contribution in [-0.2, 0) is 16.2 Å². The van der Waals surface area contributed by atoms with E-state index in [-0.39, 0.29) is 60.1 Å². The van der Waals surface area contributed by atoms with E-state index in [0.717, 1.165) is 6.42 Å². The average molecular weight is 738 g/mol. The summed E-state index contributed by atoms with van der Waals surface area (Å²) in [6, 6.07) is 9.07. The van der Waals surface area contributed by atoms with Crippen molar-refractivity contribution in [1.29, 1.82) is 0 Å². The minimum Gasteiger partial charge on any atom is -0.496 e. The number of hydrogen-bond donors (Lipinski definition) is 4. The second kappa shape index (κ2) is 16.4. The second-order valence-electron chi connectivity index (χ2n) is 16.7. The maximum Gasteiger partial charge on any atom is 0.270 e. The maximum absolute atomic E-state index is 13.7. The lowest BCUT2D eigenvalue weighted by molar-refractivity contribution is -0.384. The van der Waals surface area contributed by atoms with Crippen LogP contribution >= 0.6 is 0 Å². The van der Waals surface area contributed by atoms with E-state index in [1.807, 2.05) is 38.9 Å². The Morgan fingerprint density at radius 3 is 2.45 bits per heavy atom. The minimum absolute atomic E-state index is 0.0601. The number of ether oxygens (including phenoxy) is 1. The van der Waals surface area contributed by atoms with Gasteiger partial charge < -0.3 is 30.5 Å². The quantitative estimate of drug-likeness (QED) is 0.150. The zero-order valence-electron chi connectivity index (χ0n) is 32.7. The average Bonchev–Trinajstić information content (AvgIpc) is 3.44. The Kier molecular flexibility index (Phi) is 12.6. The molecule has 4 N–H and O–H groups in total. The Hall–Kier alpha value is -3.62. The van der Waals surface area contributed by atoms with Crippen LogP contribution in [0.3, 0.4) is 0 Å². The van der Waals surface area contributed by atoms with E-state index in [4.69, 9.17) is 9.57 Å². The highest BCUT2D eigenvalue weighted by Gasteiger charge is 2.56. The number of methoxy groups -OCH3 is 1. The van der Waals surface area contributed by atoms with Crippen molar-refractivity contribution in [3.8, 4) is 16.9 Å². The van der Waals surface area contributed by atoms with Gasteiger partial charge in [0, 0.05) is 59.8 Å². The predicted octanol–water partition coefficient (Wildman–Crippen LogP) is 4.64. The summed E-state index contributed by atoms with van der Waals surface area (Å²) >= 11 is 0. The van der Waals surface area contributed by atoms with Crippen LogP contribution in [0.1, 0.15) is 76.7 Å². The standard InChI is InChI=1S/C40H59N5O8/c1-22(2)33(20-43(7)8)42-39(49)27-13-26(14-29(15-27)45(50)51)30-12-10-11-25(38(30)52-9)19-44-34(37(24(4)47)35(21-46)53-44)18-36(48)41-32-17-28-16-31(23(32)3)40(28,5)6/h10-15,22-24,28,31-35,37,46-47H,16-21H2,1-9H3,(H,41,48)(H,42,49)/t23-,24-,28?,31-,32-,33+,34+,35-,37+/m0/s1. The van der Waals surface area contributed by atoms with Gasteiger partial charge in [0.2, 0.25) is 5.91 Å². The second-order valence-corrected chi connectivity index (χ2v) is 16.7. The maximum atomic E-state index is 13.7. The summed E-state index contributed by atoms with van der Waals surface area (Å²) in [6.07, 6.45) is 0.607. The SMILES string of the molecule is COc1c(CN2O[C@@H](CO)[C@H]([C@H](C)O)[C@H]2CC(=O)N[C@H]2CC3C[C@@H]([C@@H]2C)C3(C)C)cccc1-c1cc(C(=O)N[C@H](CN(C)C)C(C)C)cc([N+](=O)[O-])c1. The highest BCUT2D eigenvalue weighted by Crippen LogP contribution is 2.61. The number of para-hydroxylation sites is 1. The first kappa shape index (κ1) is 40.6. The predicted molar refractivity (Wildman–Crippen MR) is 202 cm³/mol. The van der Waals surface area contributed by atoms with E-state index in [2.05, 4.69) is 31.4 Å². The summed E-state index contributed by atoms with van der Waals surface area (Å²) in [5, 5.41) is 41.2. The third-order valence-electron chi connectivity index (χ3n) is 12.4. The van der Waals surface area contributed by atoms with E-state index >= 15 is 0 Å². The number of nitro groups is 1. The van der Waals surface area contributed by atoms with Gasteiger partial charge >= 0.3 is 0 Å². The Labute approximate surface area is 313 Å². The van der Waals surface area contributed by atoms with Crippen LogP contribution in [0, 0.1) is 45.1 Å². The molecule has 292 valence electrons. The van der Waals surface area contributed by atoms with Crippen molar-refractivity contribution < 1.29 is 34.3 Å². The molecule has 0 radical (unpaired) electrons. The molecule has 13 heteroatoms. The van der Waals surface area contributed by atoms with Gasteiger partial charge in [-0.1, -0.05) is 52.8 Å². The molecule has 3 aliphatic carbocycles. The molecule has 1 heterocycles. The molecule has 0 spiro atoms. The molecule has 4 fully saturated rings. The number of aliphatic hydroxyl groups is 2. The Morgan fingerprint density at radius 1 is 1.17 bits per heavy atom. The van der Waals surface area contributed by atoms with Gasteiger partial charge in [0.25, 0.3) is 11.6 Å². The number of aliphatic hydroxyl groups excluding tert-OH is 2. The molecule has 2 amide bonds. The summed E-state index contributed by atoms with van der Waals surface area (Å²) in [5.41, 5.74) is 1.82. The number of fused-ring (bicyclic) bond motifs is 2. The summed E-state index contributed by atoms with van der Waals surface area (Å²) in [7, 11) is 5.35. The number of non-ortho nitro benzene ring substituents is 1. The number of likely N-dealkylation sites (N-methyl/N-ethyl adjacent to an activating group) is 1. The van der Waals surface area contributed by atoms with Crippen molar-refractivity contribution in [1.82, 2.24) is 20.6 Å². The number of hydrogen-bond acceptors (Lipinski definition) is 10. The molecule has 9 atom stereocenters. The van der Waals surface area contributed by atoms with Gasteiger partial charge in [-0.2, -0.15) is 5.06 Å². The number of carbonyl (C=O) groups is 2. The molecule has 6 rings (SSSR count). The minimum atomic E-state index is -0.868. The van der Waals surface area contributed by atoms with Gasteiger partial charge in [-0.05, 0) is 74.6 Å². The third kappa shape index (κ3) is 8.54. The molecule has 2 aromatic rings. The zero-order chi connectivity index (χ0) is 38.9. The fraction of sp³-hybridized carbons (Fsp3) is 0.650. The lowest BCUT2D eigenvalue weighted by Gasteiger charge is -2.62. The fourth-order valence-corrected chi connectivity index (χ4v) is 9.15. The van der Waals surface area contributed by atoms with Gasteiger partial charge in [0.05, 0.1) is 37.3 Å². The van der Waals surface area contributed by atoms with Gasteiger partial charge in [-0.15, -0.1) is 0 Å². The van der Waals surface area contributed by atoms with Crippen LogP contribution in [-0.4, -0.2) is 102 Å². The van der Waals surface area contributed by atoms with Crippen LogP contribution < -0.4 is 15.4 Å². The van der Waals surface area contributed by atoms with Gasteiger partial charge in [0.1, 0.15) is 11.9 Å². The highest BCUT2D eigenvalue weighted by molar-refractivity contribution is 5.97. The molecule has 1 unspecified atom stereocenters. The van der Waals surface area contributed by atoms with Gasteiger partial charge in [-0.3, -0.25) is 24.5 Å². The van der Waals surface area contributed by atoms with Crippen molar-refractivity contribution >= 4 is 17.5 Å². The number of benzene rings is 2. The van der Waals surface area contributed by atoms with Crippen molar-refractivity contribution in [3.05, 3.63) is 57.6 Å².